The number of halogens is 1. The first-order chi connectivity index (χ1) is 10.4. The molecule has 0 saturated carbocycles. The van der Waals surface area contributed by atoms with Gasteiger partial charge in [-0.2, -0.15) is 0 Å². The van der Waals surface area contributed by atoms with E-state index in [0.29, 0.717) is 26.2 Å². The van der Waals surface area contributed by atoms with Crippen molar-refractivity contribution in [1.82, 2.24) is 9.80 Å². The molecule has 22 heavy (non-hydrogen) atoms. The highest BCUT2D eigenvalue weighted by Gasteiger charge is 2.31. The molecule has 4 nitrogen and oxygen atoms in total. The smallest absolute Gasteiger partial charge is 0.410 e. The summed E-state index contributed by atoms with van der Waals surface area (Å²) in [4.78, 5) is 15.8. The SMILES string of the molecule is CC(C)(C)OC(=O)N1CCN(Cc2ccccc2)[C@@H](CF)C1. The summed E-state index contributed by atoms with van der Waals surface area (Å²) in [6, 6.07) is 9.73. The molecule has 1 atom stereocenters. The van der Waals surface area contributed by atoms with E-state index in [-0.39, 0.29) is 12.1 Å². The molecule has 0 spiro atoms. The molecule has 0 N–H and O–H groups in total. The first-order valence-electron chi connectivity index (χ1n) is 7.71. The zero-order valence-corrected chi connectivity index (χ0v) is 13.6. The van der Waals surface area contributed by atoms with Gasteiger partial charge in [-0.05, 0) is 26.3 Å². The number of ether oxygens (including phenoxy) is 1. The first kappa shape index (κ1) is 16.7. The van der Waals surface area contributed by atoms with Gasteiger partial charge in [-0.25, -0.2) is 9.18 Å². The fraction of sp³-hybridized carbons (Fsp3) is 0.588. The summed E-state index contributed by atoms with van der Waals surface area (Å²) in [6.45, 7) is 7.35. The van der Waals surface area contributed by atoms with Crippen molar-refractivity contribution in [3.63, 3.8) is 0 Å². The molecule has 1 heterocycles. The quantitative estimate of drug-likeness (QED) is 0.860. The number of benzene rings is 1. The van der Waals surface area contributed by atoms with Crippen molar-refractivity contribution in [2.45, 2.75) is 39.0 Å². The van der Waals surface area contributed by atoms with Crippen LogP contribution in [0.2, 0.25) is 0 Å². The van der Waals surface area contributed by atoms with Crippen molar-refractivity contribution in [2.24, 2.45) is 0 Å². The summed E-state index contributed by atoms with van der Waals surface area (Å²) < 4.78 is 18.8. The van der Waals surface area contributed by atoms with Crippen LogP contribution in [0, 0.1) is 0 Å². The summed E-state index contributed by atoms with van der Waals surface area (Å²) >= 11 is 0. The highest BCUT2D eigenvalue weighted by atomic mass is 19.1. The van der Waals surface area contributed by atoms with Crippen molar-refractivity contribution < 1.29 is 13.9 Å². The van der Waals surface area contributed by atoms with E-state index in [1.807, 2.05) is 51.1 Å². The monoisotopic (exact) mass is 308 g/mol. The lowest BCUT2D eigenvalue weighted by Gasteiger charge is -2.40. The van der Waals surface area contributed by atoms with E-state index in [1.165, 1.54) is 0 Å². The van der Waals surface area contributed by atoms with Crippen LogP contribution in [-0.4, -0.2) is 53.8 Å². The van der Waals surface area contributed by atoms with Gasteiger partial charge in [0.2, 0.25) is 0 Å². The van der Waals surface area contributed by atoms with Gasteiger partial charge in [-0.3, -0.25) is 4.90 Å². The van der Waals surface area contributed by atoms with Gasteiger partial charge in [0.1, 0.15) is 12.3 Å². The van der Waals surface area contributed by atoms with Crippen LogP contribution < -0.4 is 0 Å². The van der Waals surface area contributed by atoms with E-state index in [9.17, 15) is 9.18 Å². The van der Waals surface area contributed by atoms with Crippen molar-refractivity contribution >= 4 is 6.09 Å². The average molecular weight is 308 g/mol. The summed E-state index contributed by atoms with van der Waals surface area (Å²) in [5.41, 5.74) is 0.635. The summed E-state index contributed by atoms with van der Waals surface area (Å²) in [5, 5.41) is 0. The third-order valence-electron chi connectivity index (χ3n) is 3.66. The minimum absolute atomic E-state index is 0.276. The van der Waals surface area contributed by atoms with Crippen LogP contribution in [0.1, 0.15) is 26.3 Å². The van der Waals surface area contributed by atoms with Gasteiger partial charge >= 0.3 is 6.09 Å². The third kappa shape index (κ3) is 4.70. The Bertz CT molecular complexity index is 487. The van der Waals surface area contributed by atoms with E-state index in [0.717, 1.165) is 5.56 Å². The molecule has 1 saturated heterocycles. The number of piperazine rings is 1. The van der Waals surface area contributed by atoms with Gasteiger partial charge in [-0.1, -0.05) is 30.3 Å². The van der Waals surface area contributed by atoms with E-state index >= 15 is 0 Å². The molecule has 0 bridgehead atoms. The van der Waals surface area contributed by atoms with Crippen LogP contribution in [0.3, 0.4) is 0 Å². The molecule has 0 unspecified atom stereocenters. The molecule has 1 amide bonds. The standard InChI is InChI=1S/C17H25FN2O2/c1-17(2,3)22-16(21)20-10-9-19(15(11-18)13-20)12-14-7-5-4-6-8-14/h4-8,15H,9-13H2,1-3H3/t15-/m0/s1. The molecule has 1 fully saturated rings. The maximum absolute atomic E-state index is 13.4. The highest BCUT2D eigenvalue weighted by molar-refractivity contribution is 5.68. The maximum atomic E-state index is 13.4. The van der Waals surface area contributed by atoms with Crippen molar-refractivity contribution in [1.29, 1.82) is 0 Å². The van der Waals surface area contributed by atoms with Crippen LogP contribution in [0.15, 0.2) is 30.3 Å². The van der Waals surface area contributed by atoms with Crippen LogP contribution in [0.25, 0.3) is 0 Å². The molecule has 0 aliphatic carbocycles. The molecule has 0 aromatic heterocycles. The lowest BCUT2D eigenvalue weighted by molar-refractivity contribution is -0.000708. The molecule has 1 aromatic carbocycles. The van der Waals surface area contributed by atoms with Gasteiger partial charge in [0, 0.05) is 26.2 Å². The fourth-order valence-corrected chi connectivity index (χ4v) is 2.56. The molecule has 1 aliphatic rings. The second kappa shape index (κ2) is 7.09. The largest absolute Gasteiger partial charge is 0.444 e. The second-order valence-electron chi connectivity index (χ2n) is 6.69. The van der Waals surface area contributed by atoms with Crippen LogP contribution in [-0.2, 0) is 11.3 Å². The highest BCUT2D eigenvalue weighted by Crippen LogP contribution is 2.17. The molecular weight excluding hydrogens is 283 g/mol. The predicted octanol–water partition coefficient (Wildman–Crippen LogP) is 3.08. The minimum Gasteiger partial charge on any atom is -0.444 e. The average Bonchev–Trinajstić information content (AvgIpc) is 2.47. The predicted molar refractivity (Wildman–Crippen MR) is 84.4 cm³/mol. The normalized spacial score (nSPS) is 20.0. The lowest BCUT2D eigenvalue weighted by Crippen LogP contribution is -2.55. The Morgan fingerprint density at radius 3 is 2.55 bits per heavy atom. The Morgan fingerprint density at radius 2 is 1.95 bits per heavy atom. The Kier molecular flexibility index (Phi) is 5.40. The maximum Gasteiger partial charge on any atom is 0.410 e. The molecule has 0 radical (unpaired) electrons. The molecular formula is C17H25FN2O2. The zero-order chi connectivity index (χ0) is 16.2. The number of hydrogen-bond donors (Lipinski definition) is 0. The van der Waals surface area contributed by atoms with E-state index in [4.69, 9.17) is 4.74 Å². The number of nitrogens with zero attached hydrogens (tertiary/aromatic N) is 2. The second-order valence-corrected chi connectivity index (χ2v) is 6.69. The molecule has 5 heteroatoms. The molecule has 1 aromatic rings. The summed E-state index contributed by atoms with van der Waals surface area (Å²) in [5.74, 6) is 0. The Balaban J connectivity index is 1.95. The number of alkyl halides is 1. The summed E-state index contributed by atoms with van der Waals surface area (Å²) in [7, 11) is 0. The van der Waals surface area contributed by atoms with Gasteiger partial charge in [0.25, 0.3) is 0 Å². The van der Waals surface area contributed by atoms with Crippen LogP contribution >= 0.6 is 0 Å². The fourth-order valence-electron chi connectivity index (χ4n) is 2.56. The van der Waals surface area contributed by atoms with E-state index in [2.05, 4.69) is 4.90 Å². The lowest BCUT2D eigenvalue weighted by atomic mass is 10.1. The van der Waals surface area contributed by atoms with Crippen molar-refractivity contribution in [3.05, 3.63) is 35.9 Å². The topological polar surface area (TPSA) is 32.8 Å². The van der Waals surface area contributed by atoms with E-state index < -0.39 is 12.3 Å². The van der Waals surface area contributed by atoms with Crippen molar-refractivity contribution in [3.8, 4) is 0 Å². The van der Waals surface area contributed by atoms with Gasteiger partial charge in [-0.15, -0.1) is 0 Å². The number of amides is 1. The first-order valence-corrected chi connectivity index (χ1v) is 7.71. The number of hydrogen-bond acceptors (Lipinski definition) is 3. The van der Waals surface area contributed by atoms with E-state index in [1.54, 1.807) is 4.90 Å². The Labute approximate surface area is 131 Å². The number of carbonyl (C=O) groups is 1. The number of rotatable bonds is 3. The molecule has 2 rings (SSSR count). The number of carbonyl (C=O) groups excluding carboxylic acids is 1. The zero-order valence-electron chi connectivity index (χ0n) is 13.6. The molecule has 1 aliphatic heterocycles. The van der Waals surface area contributed by atoms with Crippen LogP contribution in [0.4, 0.5) is 9.18 Å². The van der Waals surface area contributed by atoms with Gasteiger partial charge in [0.15, 0.2) is 0 Å². The van der Waals surface area contributed by atoms with Crippen molar-refractivity contribution in [2.75, 3.05) is 26.3 Å². The molecule has 122 valence electrons. The third-order valence-corrected chi connectivity index (χ3v) is 3.66. The minimum atomic E-state index is -0.524. The van der Waals surface area contributed by atoms with Gasteiger partial charge < -0.3 is 9.64 Å². The van der Waals surface area contributed by atoms with Crippen LogP contribution in [0.5, 0.6) is 0 Å². The summed E-state index contributed by atoms with van der Waals surface area (Å²) in [6.07, 6.45) is -0.356. The van der Waals surface area contributed by atoms with Gasteiger partial charge in [0.05, 0.1) is 6.04 Å². The Morgan fingerprint density at radius 1 is 1.27 bits per heavy atom. The Hall–Kier alpha value is -1.62.